The minimum absolute atomic E-state index is 0.0205. The standard InChI is InChI=1S/C33H36O11/c1-3-4-5-6-7-8-28(37)41-20-15-22(36)29-26(16-20)44-33(31(39)30(29)38)19-10-12-23-25(14-19)43-32(27(17-34)42-23)18-9-11-21(35)24(13-18)40-2/h9-16,27,31-36,39H,3-8,17H2,1-2H3/t27?,31-,32?,33+/m0/s1. The van der Waals surface area contributed by atoms with Gasteiger partial charge in [0.15, 0.2) is 47.4 Å². The molecule has 3 aromatic carbocycles. The normalized spacial score (nSPS) is 20.4. The second kappa shape index (κ2) is 13.4. The topological polar surface area (TPSA) is 161 Å². The van der Waals surface area contributed by atoms with Gasteiger partial charge in [-0.2, -0.15) is 0 Å². The molecule has 4 N–H and O–H groups in total. The highest BCUT2D eigenvalue weighted by molar-refractivity contribution is 6.05. The van der Waals surface area contributed by atoms with Crippen LogP contribution in [0.1, 0.15) is 79.1 Å². The Balaban J connectivity index is 1.37. The molecule has 0 saturated carbocycles. The number of carbonyl (C=O) groups is 2. The van der Waals surface area contributed by atoms with E-state index in [0.717, 1.165) is 31.7 Å². The Morgan fingerprint density at radius 1 is 0.841 bits per heavy atom. The number of ketones is 1. The van der Waals surface area contributed by atoms with Crippen molar-refractivity contribution in [2.45, 2.75) is 69.9 Å². The predicted octanol–water partition coefficient (Wildman–Crippen LogP) is 4.92. The first-order valence-corrected chi connectivity index (χ1v) is 14.7. The zero-order valence-electron chi connectivity index (χ0n) is 24.5. The number of aliphatic hydroxyl groups is 2. The van der Waals surface area contributed by atoms with Gasteiger partial charge in [0.05, 0.1) is 13.7 Å². The van der Waals surface area contributed by atoms with Gasteiger partial charge >= 0.3 is 5.97 Å². The summed E-state index contributed by atoms with van der Waals surface area (Å²) in [5.74, 6) is -0.960. The molecule has 0 amide bonds. The Hall–Kier alpha value is -4.48. The molecule has 11 nitrogen and oxygen atoms in total. The molecule has 234 valence electrons. The highest BCUT2D eigenvalue weighted by atomic mass is 16.6. The maximum absolute atomic E-state index is 13.2. The maximum atomic E-state index is 13.2. The largest absolute Gasteiger partial charge is 0.507 e. The molecule has 0 radical (unpaired) electrons. The molecule has 0 fully saturated rings. The van der Waals surface area contributed by atoms with E-state index in [1.807, 2.05) is 0 Å². The molecule has 2 aliphatic rings. The van der Waals surface area contributed by atoms with Gasteiger partial charge in [-0.3, -0.25) is 9.59 Å². The van der Waals surface area contributed by atoms with Crippen LogP contribution in [0.5, 0.6) is 40.2 Å². The third kappa shape index (κ3) is 6.39. The lowest BCUT2D eigenvalue weighted by Gasteiger charge is -2.35. The number of benzene rings is 3. The highest BCUT2D eigenvalue weighted by Crippen LogP contribution is 2.46. The summed E-state index contributed by atoms with van der Waals surface area (Å²) in [4.78, 5) is 25.5. The molecular formula is C33H36O11. The summed E-state index contributed by atoms with van der Waals surface area (Å²) >= 11 is 0. The maximum Gasteiger partial charge on any atom is 0.311 e. The average Bonchev–Trinajstić information content (AvgIpc) is 3.01. The van der Waals surface area contributed by atoms with E-state index in [-0.39, 0.29) is 47.3 Å². The molecule has 3 aromatic rings. The van der Waals surface area contributed by atoms with Crippen LogP contribution in [0.2, 0.25) is 0 Å². The van der Waals surface area contributed by atoms with Crippen LogP contribution in [0.15, 0.2) is 48.5 Å². The summed E-state index contributed by atoms with van der Waals surface area (Å²) in [5.41, 5.74) is 0.737. The van der Waals surface area contributed by atoms with Crippen molar-refractivity contribution in [3.05, 3.63) is 65.2 Å². The summed E-state index contributed by atoms with van der Waals surface area (Å²) in [6.07, 6.45) is 0.661. The Morgan fingerprint density at radius 3 is 2.32 bits per heavy atom. The number of hydrogen-bond acceptors (Lipinski definition) is 11. The van der Waals surface area contributed by atoms with Crippen LogP contribution in [0.4, 0.5) is 0 Å². The SMILES string of the molecule is CCCCCCCC(=O)Oc1cc(O)c2c(c1)O[C@H](c1ccc3c(c1)OC(c1ccc(O)c(OC)c1)C(CO)O3)[C@@H](O)C2=O. The fourth-order valence-electron chi connectivity index (χ4n) is 5.38. The van der Waals surface area contributed by atoms with E-state index in [9.17, 15) is 30.0 Å². The van der Waals surface area contributed by atoms with E-state index in [4.69, 9.17) is 23.7 Å². The fourth-order valence-corrected chi connectivity index (χ4v) is 5.38. The highest BCUT2D eigenvalue weighted by Gasteiger charge is 2.41. The minimum atomic E-state index is -1.66. The molecule has 0 saturated heterocycles. The fraction of sp³-hybridized carbons (Fsp3) is 0.394. The first-order chi connectivity index (χ1) is 21.2. The number of phenols is 2. The first-order valence-electron chi connectivity index (χ1n) is 14.7. The summed E-state index contributed by atoms with van der Waals surface area (Å²) in [5, 5.41) is 41.5. The number of hydrogen-bond donors (Lipinski definition) is 4. The van der Waals surface area contributed by atoms with Crippen LogP contribution < -0.4 is 23.7 Å². The van der Waals surface area contributed by atoms with Crippen molar-refractivity contribution in [1.82, 2.24) is 0 Å². The van der Waals surface area contributed by atoms with E-state index >= 15 is 0 Å². The van der Waals surface area contributed by atoms with Crippen molar-refractivity contribution in [3.63, 3.8) is 0 Å². The zero-order chi connectivity index (χ0) is 31.4. The first kappa shape index (κ1) is 31.0. The van der Waals surface area contributed by atoms with E-state index in [1.54, 1.807) is 30.3 Å². The van der Waals surface area contributed by atoms with E-state index in [0.29, 0.717) is 23.3 Å². The van der Waals surface area contributed by atoms with E-state index in [1.165, 1.54) is 19.2 Å². The monoisotopic (exact) mass is 608 g/mol. The molecule has 0 aliphatic carbocycles. The van der Waals surface area contributed by atoms with Crippen molar-refractivity contribution in [1.29, 1.82) is 0 Å². The number of carbonyl (C=O) groups excluding carboxylic acids is 2. The number of unbranched alkanes of at least 4 members (excludes halogenated alkanes) is 4. The van der Waals surface area contributed by atoms with Crippen molar-refractivity contribution in [2.75, 3.05) is 13.7 Å². The second-order valence-corrected chi connectivity index (χ2v) is 10.8. The average molecular weight is 609 g/mol. The van der Waals surface area contributed by atoms with Gasteiger partial charge in [-0.15, -0.1) is 0 Å². The van der Waals surface area contributed by atoms with Gasteiger partial charge in [0.1, 0.15) is 22.8 Å². The quantitative estimate of drug-likeness (QED) is 0.133. The van der Waals surface area contributed by atoms with E-state index < -0.39 is 41.9 Å². The van der Waals surface area contributed by atoms with Crippen LogP contribution in [0, 0.1) is 0 Å². The summed E-state index contributed by atoms with van der Waals surface area (Å²) in [6.45, 7) is 1.75. The number of aliphatic hydroxyl groups excluding tert-OH is 2. The van der Waals surface area contributed by atoms with Gasteiger partial charge in [0.2, 0.25) is 5.78 Å². The van der Waals surface area contributed by atoms with Crippen LogP contribution >= 0.6 is 0 Å². The Labute approximate surface area is 254 Å². The smallest absolute Gasteiger partial charge is 0.311 e. The molecule has 0 spiro atoms. The van der Waals surface area contributed by atoms with Crippen molar-refractivity contribution in [3.8, 4) is 40.2 Å². The Bertz CT molecular complexity index is 1520. The molecule has 2 aliphatic heterocycles. The number of phenolic OH excluding ortho intramolecular Hbond substituents is 2. The molecule has 5 rings (SSSR count). The van der Waals surface area contributed by atoms with Gasteiger partial charge in [-0.1, -0.05) is 44.7 Å². The number of rotatable bonds is 11. The lowest BCUT2D eigenvalue weighted by atomic mass is 9.92. The molecule has 2 unspecified atom stereocenters. The Morgan fingerprint density at radius 2 is 1.57 bits per heavy atom. The summed E-state index contributed by atoms with van der Waals surface area (Å²) in [7, 11) is 1.42. The molecular weight excluding hydrogens is 572 g/mol. The lowest BCUT2D eigenvalue weighted by molar-refractivity contribution is -0.134. The van der Waals surface area contributed by atoms with Crippen molar-refractivity contribution >= 4 is 11.8 Å². The summed E-state index contributed by atoms with van der Waals surface area (Å²) in [6, 6.07) is 11.9. The molecule has 0 aromatic heterocycles. The van der Waals surface area contributed by atoms with Crippen LogP contribution in [0.25, 0.3) is 0 Å². The zero-order valence-corrected chi connectivity index (χ0v) is 24.5. The predicted molar refractivity (Wildman–Crippen MR) is 157 cm³/mol. The third-order valence-electron chi connectivity index (χ3n) is 7.71. The minimum Gasteiger partial charge on any atom is -0.507 e. The molecule has 4 atom stereocenters. The van der Waals surface area contributed by atoms with Gasteiger partial charge in [0, 0.05) is 24.1 Å². The number of ether oxygens (including phenoxy) is 5. The molecule has 44 heavy (non-hydrogen) atoms. The number of fused-ring (bicyclic) bond motifs is 2. The number of Topliss-reactive ketones (excluding diaryl/α,β-unsaturated/α-hetero) is 1. The third-order valence-corrected chi connectivity index (χ3v) is 7.71. The van der Waals surface area contributed by atoms with Crippen LogP contribution in [-0.2, 0) is 4.79 Å². The number of aromatic hydroxyl groups is 2. The van der Waals surface area contributed by atoms with Crippen LogP contribution in [-0.4, -0.2) is 58.1 Å². The molecule has 2 heterocycles. The number of esters is 1. The van der Waals surface area contributed by atoms with Crippen LogP contribution in [0.3, 0.4) is 0 Å². The molecule has 0 bridgehead atoms. The van der Waals surface area contributed by atoms with Crippen molar-refractivity contribution in [2.24, 2.45) is 0 Å². The van der Waals surface area contributed by atoms with Gasteiger partial charge in [-0.25, -0.2) is 0 Å². The van der Waals surface area contributed by atoms with Gasteiger partial charge in [0.25, 0.3) is 0 Å². The van der Waals surface area contributed by atoms with Gasteiger partial charge < -0.3 is 44.1 Å². The molecule has 11 heteroatoms. The summed E-state index contributed by atoms with van der Waals surface area (Å²) < 4.78 is 28.8. The van der Waals surface area contributed by atoms with Crippen molar-refractivity contribution < 1.29 is 53.7 Å². The second-order valence-electron chi connectivity index (χ2n) is 10.8. The Kier molecular flexibility index (Phi) is 9.46. The lowest BCUT2D eigenvalue weighted by Crippen LogP contribution is -2.37. The van der Waals surface area contributed by atoms with E-state index in [2.05, 4.69) is 6.92 Å². The van der Waals surface area contributed by atoms with Gasteiger partial charge in [-0.05, 0) is 36.2 Å². The number of methoxy groups -OCH3 is 1.